The Hall–Kier alpha value is -3.19. The molecular formula is C36H56N4O9. The minimum absolute atomic E-state index is 0.0181. The lowest BCUT2D eigenvalue weighted by Gasteiger charge is -2.63. The summed E-state index contributed by atoms with van der Waals surface area (Å²) in [4.78, 5) is 52.2. The molecule has 0 bridgehead atoms. The number of guanidine groups is 1. The summed E-state index contributed by atoms with van der Waals surface area (Å²) in [6.45, 7) is 4.94. The van der Waals surface area contributed by atoms with Crippen molar-refractivity contribution in [3.8, 4) is 0 Å². The van der Waals surface area contributed by atoms with E-state index in [0.717, 1.165) is 50.5 Å². The van der Waals surface area contributed by atoms with Gasteiger partial charge in [0.2, 0.25) is 5.91 Å². The first-order valence-electron chi connectivity index (χ1n) is 18.2. The molecule has 4 fully saturated rings. The molecule has 5 aliphatic rings. The van der Waals surface area contributed by atoms with E-state index >= 15 is 0 Å². The largest absolute Gasteiger partial charge is 0.480 e. The number of esters is 2. The summed E-state index contributed by atoms with van der Waals surface area (Å²) >= 11 is 0. The number of aliphatic imine (C=N–C) groups is 1. The van der Waals surface area contributed by atoms with Crippen molar-refractivity contribution in [2.75, 3.05) is 13.2 Å². The van der Waals surface area contributed by atoms with Gasteiger partial charge in [0, 0.05) is 43.2 Å². The number of carboxylic acids is 1. The Labute approximate surface area is 288 Å². The number of ether oxygens (including phenoxy) is 2. The molecule has 274 valence electrons. The molecule has 0 aromatic heterocycles. The second-order valence-electron chi connectivity index (χ2n) is 15.8. The Bertz CT molecular complexity index is 1330. The highest BCUT2D eigenvalue weighted by atomic mass is 16.5. The predicted molar refractivity (Wildman–Crippen MR) is 180 cm³/mol. The molecular weight excluding hydrogens is 632 g/mol. The Morgan fingerprint density at radius 2 is 1.82 bits per heavy atom. The van der Waals surface area contributed by atoms with E-state index in [-0.39, 0.29) is 79.6 Å². The van der Waals surface area contributed by atoms with Gasteiger partial charge in [-0.25, -0.2) is 9.59 Å². The van der Waals surface area contributed by atoms with Gasteiger partial charge in [-0.05, 0) is 99.4 Å². The standard InChI is InChI=1S/C36H56N4O9/c1-34-14-12-23(49-29(43)9-5-3-4-8-28(42)40-26(32(45)46)7-6-16-39-33(37)38)18-22(34)10-11-25-24(34)13-15-35(2)31(21-17-30(44)48-20-21)27(41)19-36(25,35)47/h17,22-27,31,41,47H,3-16,18-20H2,1-2H3,(H,40,42)(H,45,46)(H4,37,38,39)/t22-,23+,24+,25-,26+,27+,31+,34+,35-,36+/m1/s1. The van der Waals surface area contributed by atoms with Crippen molar-refractivity contribution in [3.63, 3.8) is 0 Å². The first kappa shape index (κ1) is 37.1. The van der Waals surface area contributed by atoms with Crippen molar-refractivity contribution in [1.29, 1.82) is 0 Å². The maximum atomic E-state index is 12.8. The van der Waals surface area contributed by atoms with E-state index in [1.54, 1.807) is 0 Å². The van der Waals surface area contributed by atoms with Crippen LogP contribution in [-0.4, -0.2) is 82.1 Å². The van der Waals surface area contributed by atoms with Crippen molar-refractivity contribution in [1.82, 2.24) is 5.32 Å². The van der Waals surface area contributed by atoms with Crippen molar-refractivity contribution in [2.45, 2.75) is 134 Å². The summed E-state index contributed by atoms with van der Waals surface area (Å²) in [7, 11) is 0. The number of fused-ring (bicyclic) bond motifs is 5. The summed E-state index contributed by atoms with van der Waals surface area (Å²) in [5.74, 6) is -1.62. The molecule has 13 heteroatoms. The van der Waals surface area contributed by atoms with Crippen LogP contribution in [0.2, 0.25) is 0 Å². The zero-order valence-corrected chi connectivity index (χ0v) is 29.0. The molecule has 1 heterocycles. The van der Waals surface area contributed by atoms with E-state index in [1.807, 2.05) is 0 Å². The number of carbonyl (C=O) groups is 4. The number of nitrogens with two attached hydrogens (primary N) is 2. The smallest absolute Gasteiger partial charge is 0.331 e. The highest BCUT2D eigenvalue weighted by Gasteiger charge is 2.70. The molecule has 1 amide bonds. The van der Waals surface area contributed by atoms with Crippen LogP contribution in [0.3, 0.4) is 0 Å². The summed E-state index contributed by atoms with van der Waals surface area (Å²) in [5.41, 5.74) is 9.83. The molecule has 0 unspecified atom stereocenters. The number of hydrogen-bond acceptors (Lipinski definition) is 9. The molecule has 10 atom stereocenters. The first-order valence-corrected chi connectivity index (χ1v) is 18.2. The lowest BCUT2D eigenvalue weighted by molar-refractivity contribution is -0.210. The highest BCUT2D eigenvalue weighted by Crippen LogP contribution is 2.70. The monoisotopic (exact) mass is 688 g/mol. The van der Waals surface area contributed by atoms with E-state index in [1.165, 1.54) is 6.08 Å². The van der Waals surface area contributed by atoms with E-state index < -0.39 is 29.1 Å². The van der Waals surface area contributed by atoms with Crippen LogP contribution < -0.4 is 16.8 Å². The van der Waals surface area contributed by atoms with E-state index in [0.29, 0.717) is 43.9 Å². The second kappa shape index (κ2) is 15.0. The first-order chi connectivity index (χ1) is 23.2. The number of aliphatic carboxylic acids is 1. The SMILES string of the molecule is C[C@]12CC[C@H](OC(=O)CCCCCC(=O)N[C@@H](CCCN=C(N)N)C(=O)O)C[C@H]1CC[C@@H]1[C@@H]2CC[C@]2(C)[C@@H](C3=CC(=O)OC3)[C@@H](O)C[C@]12O. The number of amides is 1. The van der Waals surface area contributed by atoms with Gasteiger partial charge in [-0.2, -0.15) is 0 Å². The fourth-order valence-corrected chi connectivity index (χ4v) is 10.6. The number of nitrogens with one attached hydrogen (secondary N) is 1. The summed E-state index contributed by atoms with van der Waals surface area (Å²) in [6.07, 6.45) is 9.92. The van der Waals surface area contributed by atoms with Crippen molar-refractivity contribution < 1.29 is 44.0 Å². The van der Waals surface area contributed by atoms with Gasteiger partial charge in [0.05, 0.1) is 11.7 Å². The third-order valence-electron chi connectivity index (χ3n) is 13.1. The van der Waals surface area contributed by atoms with Crippen LogP contribution >= 0.6 is 0 Å². The van der Waals surface area contributed by atoms with Gasteiger partial charge >= 0.3 is 17.9 Å². The van der Waals surface area contributed by atoms with Crippen molar-refractivity contribution in [2.24, 2.45) is 51.0 Å². The fraction of sp³-hybridized carbons (Fsp3) is 0.806. The molecule has 4 aliphatic carbocycles. The van der Waals surface area contributed by atoms with E-state index in [4.69, 9.17) is 20.9 Å². The average molecular weight is 689 g/mol. The minimum Gasteiger partial charge on any atom is -0.480 e. The molecule has 0 spiro atoms. The number of hydrogen-bond donors (Lipinski definition) is 6. The van der Waals surface area contributed by atoms with Crippen LogP contribution in [0.15, 0.2) is 16.6 Å². The van der Waals surface area contributed by atoms with Gasteiger partial charge in [0.25, 0.3) is 0 Å². The van der Waals surface area contributed by atoms with Crippen LogP contribution in [-0.2, 0) is 28.7 Å². The predicted octanol–water partition coefficient (Wildman–Crippen LogP) is 2.70. The summed E-state index contributed by atoms with van der Waals surface area (Å²) in [6, 6.07) is -1.00. The Kier molecular flexibility index (Phi) is 11.3. The van der Waals surface area contributed by atoms with Gasteiger partial charge in [0.1, 0.15) is 18.8 Å². The molecule has 49 heavy (non-hydrogen) atoms. The van der Waals surface area contributed by atoms with Crippen LogP contribution in [0, 0.1) is 34.5 Å². The van der Waals surface area contributed by atoms with Gasteiger partial charge < -0.3 is 41.6 Å². The molecule has 0 radical (unpaired) electrons. The number of cyclic esters (lactones) is 1. The van der Waals surface area contributed by atoms with Gasteiger partial charge in [-0.3, -0.25) is 14.6 Å². The minimum atomic E-state index is -1.11. The number of nitrogens with zero attached hydrogens (tertiary/aromatic N) is 1. The zero-order valence-electron chi connectivity index (χ0n) is 29.0. The molecule has 4 saturated carbocycles. The average Bonchev–Trinajstić information content (AvgIpc) is 3.54. The van der Waals surface area contributed by atoms with Crippen molar-refractivity contribution >= 4 is 29.8 Å². The van der Waals surface area contributed by atoms with Gasteiger partial charge in [-0.1, -0.05) is 20.3 Å². The maximum absolute atomic E-state index is 12.8. The fourth-order valence-electron chi connectivity index (χ4n) is 10.6. The molecule has 0 saturated heterocycles. The number of carboxylic acid groups (broad SMARTS) is 1. The van der Waals surface area contributed by atoms with Crippen LogP contribution in [0.25, 0.3) is 0 Å². The second-order valence-corrected chi connectivity index (χ2v) is 15.8. The third kappa shape index (κ3) is 7.62. The third-order valence-corrected chi connectivity index (χ3v) is 13.1. The molecule has 8 N–H and O–H groups in total. The number of rotatable bonds is 14. The Balaban J connectivity index is 1.05. The summed E-state index contributed by atoms with van der Waals surface area (Å²) in [5, 5.41) is 35.6. The quantitative estimate of drug-likeness (QED) is 0.0673. The zero-order chi connectivity index (χ0) is 35.6. The maximum Gasteiger partial charge on any atom is 0.331 e. The lowest BCUT2D eigenvalue weighted by Crippen LogP contribution is -2.62. The number of unbranched alkanes of at least 4 members (excludes halogenated alkanes) is 2. The van der Waals surface area contributed by atoms with Gasteiger partial charge in [0.15, 0.2) is 5.96 Å². The number of aliphatic hydroxyl groups excluding tert-OH is 1. The Morgan fingerprint density at radius 1 is 1.06 bits per heavy atom. The topological polar surface area (TPSA) is 224 Å². The van der Waals surface area contributed by atoms with Gasteiger partial charge in [-0.15, -0.1) is 0 Å². The Morgan fingerprint density at radius 3 is 2.51 bits per heavy atom. The summed E-state index contributed by atoms with van der Waals surface area (Å²) < 4.78 is 11.1. The van der Waals surface area contributed by atoms with Crippen LogP contribution in [0.1, 0.15) is 110 Å². The molecule has 13 nitrogen and oxygen atoms in total. The molecule has 5 rings (SSSR count). The highest BCUT2D eigenvalue weighted by molar-refractivity contribution is 5.85. The molecule has 0 aromatic carbocycles. The van der Waals surface area contributed by atoms with Crippen LogP contribution in [0.5, 0.6) is 0 Å². The van der Waals surface area contributed by atoms with Crippen molar-refractivity contribution in [3.05, 3.63) is 11.6 Å². The van der Waals surface area contributed by atoms with Crippen LogP contribution in [0.4, 0.5) is 0 Å². The number of aliphatic hydroxyl groups is 2. The number of carbonyl (C=O) groups excluding carboxylic acids is 3. The molecule has 0 aromatic rings. The van der Waals surface area contributed by atoms with E-state index in [2.05, 4.69) is 24.2 Å². The normalized spacial score (nSPS) is 37.1. The lowest BCUT2D eigenvalue weighted by atomic mass is 9.43. The molecule has 1 aliphatic heterocycles. The van der Waals surface area contributed by atoms with E-state index in [9.17, 15) is 34.5 Å².